The molecular formula is C5H9O5-. The molecule has 0 aliphatic rings. The molecule has 60 valence electrons. The van der Waals surface area contributed by atoms with E-state index in [1.807, 2.05) is 0 Å². The normalized spacial score (nSPS) is 10.7. The zero-order chi connectivity index (χ0) is 8.73. The van der Waals surface area contributed by atoms with Crippen molar-refractivity contribution in [2.75, 3.05) is 0 Å². The summed E-state index contributed by atoms with van der Waals surface area (Å²) in [6.07, 6.45) is -1.34. The molecule has 1 unspecified atom stereocenters. The molecule has 1 atom stereocenters. The predicted octanol–water partition coefficient (Wildman–Crippen LogP) is -1.79. The van der Waals surface area contributed by atoms with Gasteiger partial charge in [0.1, 0.15) is 0 Å². The first-order valence-corrected chi connectivity index (χ1v) is 2.46. The summed E-state index contributed by atoms with van der Waals surface area (Å²) in [5.41, 5.74) is 0. The van der Waals surface area contributed by atoms with Crippen LogP contribution in [0, 0.1) is 0 Å². The Kier molecular flexibility index (Phi) is 7.03. The summed E-state index contributed by atoms with van der Waals surface area (Å²) in [6.45, 7) is 2.22. The van der Waals surface area contributed by atoms with Crippen molar-refractivity contribution in [2.45, 2.75) is 20.0 Å². The third-order valence-corrected chi connectivity index (χ3v) is 0.341. The summed E-state index contributed by atoms with van der Waals surface area (Å²) < 4.78 is 0. The van der Waals surface area contributed by atoms with Crippen LogP contribution in [0.2, 0.25) is 0 Å². The van der Waals surface area contributed by atoms with Crippen molar-refractivity contribution in [1.82, 2.24) is 0 Å². The summed E-state index contributed by atoms with van der Waals surface area (Å²) >= 11 is 0. The van der Waals surface area contributed by atoms with Crippen molar-refractivity contribution >= 4 is 11.9 Å². The molecule has 0 amide bonds. The predicted molar refractivity (Wildman–Crippen MR) is 30.0 cm³/mol. The van der Waals surface area contributed by atoms with Gasteiger partial charge in [0, 0.05) is 6.92 Å². The van der Waals surface area contributed by atoms with E-state index in [9.17, 15) is 9.90 Å². The quantitative estimate of drug-likeness (QED) is 0.458. The Morgan fingerprint density at radius 2 is 1.60 bits per heavy atom. The largest absolute Gasteiger partial charge is 0.547 e. The molecule has 0 aliphatic heterocycles. The van der Waals surface area contributed by atoms with E-state index in [4.69, 9.17) is 15.0 Å². The van der Waals surface area contributed by atoms with Crippen LogP contribution in [0.4, 0.5) is 0 Å². The van der Waals surface area contributed by atoms with Crippen LogP contribution in [0.25, 0.3) is 0 Å². The van der Waals surface area contributed by atoms with Gasteiger partial charge in [0.25, 0.3) is 5.97 Å². The minimum Gasteiger partial charge on any atom is -0.547 e. The van der Waals surface area contributed by atoms with Crippen LogP contribution in [0.15, 0.2) is 0 Å². The molecular weight excluding hydrogens is 140 g/mol. The van der Waals surface area contributed by atoms with E-state index in [-0.39, 0.29) is 0 Å². The van der Waals surface area contributed by atoms with E-state index in [0.717, 1.165) is 13.8 Å². The molecule has 0 aliphatic carbocycles. The summed E-state index contributed by atoms with van der Waals surface area (Å²) in [5.74, 6) is -2.27. The fourth-order valence-corrected chi connectivity index (χ4v) is 0. The highest BCUT2D eigenvalue weighted by Gasteiger charge is 1.89. The molecule has 0 aromatic rings. The highest BCUT2D eigenvalue weighted by atomic mass is 16.4. The highest BCUT2D eigenvalue weighted by molar-refractivity contribution is 5.68. The first-order chi connectivity index (χ1) is 4.37. The average molecular weight is 149 g/mol. The number of aliphatic carboxylic acids is 2. The van der Waals surface area contributed by atoms with E-state index < -0.39 is 18.0 Å². The van der Waals surface area contributed by atoms with Crippen LogP contribution in [0.1, 0.15) is 13.8 Å². The number of carboxylic acids is 2. The molecule has 0 heterocycles. The number of carboxylic acid groups (broad SMARTS) is 2. The SMILES string of the molecule is CC(=O)O.CC(O)C(=O)[O-]. The van der Waals surface area contributed by atoms with Gasteiger partial charge >= 0.3 is 0 Å². The molecule has 0 spiro atoms. The zero-order valence-corrected chi connectivity index (χ0v) is 5.70. The third-order valence-electron chi connectivity index (χ3n) is 0.341. The van der Waals surface area contributed by atoms with Gasteiger partial charge in [-0.3, -0.25) is 4.79 Å². The van der Waals surface area contributed by atoms with Crippen LogP contribution in [0.5, 0.6) is 0 Å². The number of hydrogen-bond donors (Lipinski definition) is 2. The Hall–Kier alpha value is -1.10. The van der Waals surface area contributed by atoms with Gasteiger partial charge in [-0.05, 0) is 6.92 Å². The van der Waals surface area contributed by atoms with Crippen LogP contribution < -0.4 is 5.11 Å². The maximum absolute atomic E-state index is 9.34. The minimum absolute atomic E-state index is 0.833. The van der Waals surface area contributed by atoms with Crippen molar-refractivity contribution < 1.29 is 24.9 Å². The number of carbonyl (C=O) groups excluding carboxylic acids is 1. The Bertz CT molecular complexity index is 113. The molecule has 0 rings (SSSR count). The van der Waals surface area contributed by atoms with E-state index in [1.54, 1.807) is 0 Å². The number of carbonyl (C=O) groups is 2. The number of hydrogen-bond acceptors (Lipinski definition) is 4. The molecule has 5 heteroatoms. The Balaban J connectivity index is 0. The van der Waals surface area contributed by atoms with Crippen molar-refractivity contribution in [3.8, 4) is 0 Å². The van der Waals surface area contributed by atoms with Gasteiger partial charge in [0.05, 0.1) is 12.1 Å². The molecule has 0 saturated carbocycles. The Morgan fingerprint density at radius 1 is 1.50 bits per heavy atom. The van der Waals surface area contributed by atoms with Crippen LogP contribution in [-0.4, -0.2) is 28.3 Å². The maximum Gasteiger partial charge on any atom is 0.300 e. The summed E-state index contributed by atoms with van der Waals surface area (Å²) in [4.78, 5) is 18.3. The van der Waals surface area contributed by atoms with Crippen LogP contribution >= 0.6 is 0 Å². The van der Waals surface area contributed by atoms with Crippen LogP contribution in [0.3, 0.4) is 0 Å². The molecule has 2 N–H and O–H groups in total. The average Bonchev–Trinajstić information content (AvgIpc) is 1.63. The second kappa shape index (κ2) is 6.03. The standard InChI is InChI=1S/C3H6O3.C2H4O2/c1-2(4)3(5)6;1-2(3)4/h2,4H,1H3,(H,5,6);1H3,(H,3,4)/p-1. The first kappa shape index (κ1) is 11.7. The molecule has 10 heavy (non-hydrogen) atoms. The van der Waals surface area contributed by atoms with E-state index in [2.05, 4.69) is 0 Å². The van der Waals surface area contributed by atoms with Crippen molar-refractivity contribution in [2.24, 2.45) is 0 Å². The minimum atomic E-state index is -1.44. The van der Waals surface area contributed by atoms with Gasteiger partial charge in [0.2, 0.25) is 0 Å². The number of rotatable bonds is 1. The highest BCUT2D eigenvalue weighted by Crippen LogP contribution is 1.69. The fourth-order valence-electron chi connectivity index (χ4n) is 0. The third kappa shape index (κ3) is 28.6. The van der Waals surface area contributed by atoms with Crippen molar-refractivity contribution in [1.29, 1.82) is 0 Å². The molecule has 0 bridgehead atoms. The Labute approximate surface area is 57.9 Å². The van der Waals surface area contributed by atoms with Gasteiger partial charge in [-0.1, -0.05) is 0 Å². The van der Waals surface area contributed by atoms with Gasteiger partial charge in [-0.25, -0.2) is 0 Å². The molecule has 0 aromatic carbocycles. The topological polar surface area (TPSA) is 97.7 Å². The lowest BCUT2D eigenvalue weighted by Crippen LogP contribution is -2.32. The van der Waals surface area contributed by atoms with E-state index in [0.29, 0.717) is 0 Å². The van der Waals surface area contributed by atoms with Crippen LogP contribution in [-0.2, 0) is 9.59 Å². The van der Waals surface area contributed by atoms with Crippen molar-refractivity contribution in [3.63, 3.8) is 0 Å². The lowest BCUT2D eigenvalue weighted by atomic mass is 10.4. The number of aliphatic hydroxyl groups excluding tert-OH is 1. The smallest absolute Gasteiger partial charge is 0.300 e. The molecule has 0 fully saturated rings. The maximum atomic E-state index is 9.34. The Morgan fingerprint density at radius 3 is 1.60 bits per heavy atom. The van der Waals surface area contributed by atoms with Gasteiger partial charge in [0.15, 0.2) is 0 Å². The zero-order valence-electron chi connectivity index (χ0n) is 5.70. The second-order valence-electron chi connectivity index (χ2n) is 1.51. The van der Waals surface area contributed by atoms with E-state index in [1.165, 1.54) is 0 Å². The molecule has 0 aromatic heterocycles. The summed E-state index contributed by atoms with van der Waals surface area (Å²) in [7, 11) is 0. The van der Waals surface area contributed by atoms with E-state index >= 15 is 0 Å². The monoisotopic (exact) mass is 149 g/mol. The second-order valence-corrected chi connectivity index (χ2v) is 1.51. The lowest BCUT2D eigenvalue weighted by Gasteiger charge is -2.00. The van der Waals surface area contributed by atoms with Gasteiger partial charge in [-0.15, -0.1) is 0 Å². The first-order valence-electron chi connectivity index (χ1n) is 2.46. The lowest BCUT2D eigenvalue weighted by molar-refractivity contribution is -0.314. The molecule has 0 saturated heterocycles. The molecule has 5 nitrogen and oxygen atoms in total. The fraction of sp³-hybridized carbons (Fsp3) is 0.600. The van der Waals surface area contributed by atoms with Gasteiger partial charge < -0.3 is 20.1 Å². The summed E-state index contributed by atoms with van der Waals surface area (Å²) in [5, 5.41) is 24.7. The van der Waals surface area contributed by atoms with Crippen molar-refractivity contribution in [3.05, 3.63) is 0 Å². The number of aliphatic hydroxyl groups is 1. The summed E-state index contributed by atoms with van der Waals surface area (Å²) in [6, 6.07) is 0. The van der Waals surface area contributed by atoms with Gasteiger partial charge in [-0.2, -0.15) is 0 Å². The molecule has 0 radical (unpaired) electrons.